The summed E-state index contributed by atoms with van der Waals surface area (Å²) >= 11 is 6.22. The summed E-state index contributed by atoms with van der Waals surface area (Å²) in [5.41, 5.74) is 0.0243. The van der Waals surface area contributed by atoms with Crippen molar-refractivity contribution in [3.63, 3.8) is 0 Å². The van der Waals surface area contributed by atoms with E-state index in [0.29, 0.717) is 37.1 Å². The van der Waals surface area contributed by atoms with E-state index < -0.39 is 36.4 Å². The smallest absolute Gasteiger partial charge is 0.408 e. The monoisotopic (exact) mass is 458 g/mol. The van der Waals surface area contributed by atoms with Crippen molar-refractivity contribution in [3.05, 3.63) is 28.3 Å². The maximum atomic E-state index is 12.5. The number of phenolic OH excluding ortho intramolecular Hbond substituents is 1. The number of aliphatic hydroxyl groups excluding tert-OH is 3. The second-order valence-corrected chi connectivity index (χ2v) is 9.05. The Morgan fingerprint density at radius 2 is 1.87 bits per heavy atom. The van der Waals surface area contributed by atoms with Crippen molar-refractivity contribution in [1.29, 1.82) is 0 Å². The van der Waals surface area contributed by atoms with Crippen molar-refractivity contribution in [1.82, 2.24) is 10.2 Å². The normalized spacial score (nSPS) is 17.2. The average Bonchev–Trinajstić information content (AvgIpc) is 2.71. The SMILES string of the molecule is CC(C)(C)OC(=O)NC(c1cc(Cl)c(CO)cc1O)C1CCN(C(=O)C(O)CO)CC1. The molecule has 2 amide bonds. The first-order chi connectivity index (χ1) is 14.5. The standard InChI is InChI=1S/C21H31ClN2O7/c1-21(2,3)31-20(30)23-18(14-9-15(22)13(10-25)8-16(14)27)12-4-6-24(7-5-12)19(29)17(28)11-26/h8-9,12,17-18,25-28H,4-7,10-11H2,1-3H3,(H,23,30). The van der Waals surface area contributed by atoms with Gasteiger partial charge in [-0.05, 0) is 57.2 Å². The van der Waals surface area contributed by atoms with Gasteiger partial charge in [-0.15, -0.1) is 0 Å². The zero-order chi connectivity index (χ0) is 23.3. The molecular formula is C21H31ClN2O7. The molecule has 0 aromatic heterocycles. The molecule has 9 nitrogen and oxygen atoms in total. The van der Waals surface area contributed by atoms with Crippen LogP contribution in [0.1, 0.15) is 50.8 Å². The number of halogens is 1. The van der Waals surface area contributed by atoms with Crippen molar-refractivity contribution in [3.8, 4) is 5.75 Å². The number of alkyl carbamates (subject to hydrolysis) is 1. The van der Waals surface area contributed by atoms with Crippen LogP contribution >= 0.6 is 11.6 Å². The molecule has 1 aliphatic rings. The van der Waals surface area contributed by atoms with Gasteiger partial charge in [-0.3, -0.25) is 4.79 Å². The zero-order valence-electron chi connectivity index (χ0n) is 18.0. The van der Waals surface area contributed by atoms with Crippen molar-refractivity contribution in [2.45, 2.75) is 58.0 Å². The largest absolute Gasteiger partial charge is 0.508 e. The van der Waals surface area contributed by atoms with Gasteiger partial charge < -0.3 is 35.4 Å². The summed E-state index contributed by atoms with van der Waals surface area (Å²) in [5.74, 6) is -0.829. The van der Waals surface area contributed by atoms with Crippen LogP contribution in [0.4, 0.5) is 4.79 Å². The number of aliphatic hydroxyl groups is 3. The maximum Gasteiger partial charge on any atom is 0.408 e. The average molecular weight is 459 g/mol. The Hall–Kier alpha value is -2.07. The van der Waals surface area contributed by atoms with Gasteiger partial charge in [0.2, 0.25) is 0 Å². The van der Waals surface area contributed by atoms with Gasteiger partial charge in [0.1, 0.15) is 11.4 Å². The summed E-state index contributed by atoms with van der Waals surface area (Å²) < 4.78 is 5.37. The summed E-state index contributed by atoms with van der Waals surface area (Å²) in [5, 5.41) is 41.6. The highest BCUT2D eigenvalue weighted by molar-refractivity contribution is 6.31. The summed E-state index contributed by atoms with van der Waals surface area (Å²) in [4.78, 5) is 26.1. The molecule has 1 saturated heterocycles. The van der Waals surface area contributed by atoms with Gasteiger partial charge in [-0.1, -0.05) is 11.6 Å². The predicted molar refractivity (Wildman–Crippen MR) is 114 cm³/mol. The molecule has 31 heavy (non-hydrogen) atoms. The van der Waals surface area contributed by atoms with Crippen molar-refractivity contribution < 1.29 is 34.8 Å². The van der Waals surface area contributed by atoms with Gasteiger partial charge in [-0.25, -0.2) is 4.79 Å². The molecule has 1 heterocycles. The molecule has 0 aliphatic carbocycles. The number of nitrogens with zero attached hydrogens (tertiary/aromatic N) is 1. The van der Waals surface area contributed by atoms with Crippen LogP contribution in [-0.4, -0.2) is 68.7 Å². The fraction of sp³-hybridized carbons (Fsp3) is 0.619. The van der Waals surface area contributed by atoms with Gasteiger partial charge >= 0.3 is 6.09 Å². The van der Waals surface area contributed by atoms with E-state index in [4.69, 9.17) is 21.4 Å². The van der Waals surface area contributed by atoms with Crippen molar-refractivity contribution in [2.75, 3.05) is 19.7 Å². The number of carbonyl (C=O) groups is 2. The number of amides is 2. The van der Waals surface area contributed by atoms with Crippen LogP contribution in [0.5, 0.6) is 5.75 Å². The number of rotatable bonds is 6. The quantitative estimate of drug-likeness (QED) is 0.437. The van der Waals surface area contributed by atoms with Crippen LogP contribution in [0, 0.1) is 5.92 Å². The van der Waals surface area contributed by atoms with E-state index in [2.05, 4.69) is 5.32 Å². The Labute approximate surface area is 186 Å². The summed E-state index contributed by atoms with van der Waals surface area (Å²) in [6.07, 6.45) is -1.17. The predicted octanol–water partition coefficient (Wildman–Crippen LogP) is 1.70. The van der Waals surface area contributed by atoms with E-state index in [9.17, 15) is 24.9 Å². The van der Waals surface area contributed by atoms with E-state index in [1.165, 1.54) is 17.0 Å². The Kier molecular flexibility index (Phi) is 8.53. The lowest BCUT2D eigenvalue weighted by Gasteiger charge is -2.37. The molecule has 1 aliphatic heterocycles. The number of hydrogen-bond acceptors (Lipinski definition) is 7. The Morgan fingerprint density at radius 1 is 1.26 bits per heavy atom. The van der Waals surface area contributed by atoms with E-state index in [1.807, 2.05) is 0 Å². The van der Waals surface area contributed by atoms with Gasteiger partial charge in [0.05, 0.1) is 19.3 Å². The number of benzene rings is 1. The molecule has 0 saturated carbocycles. The van der Waals surface area contributed by atoms with E-state index in [1.54, 1.807) is 20.8 Å². The number of ether oxygens (including phenoxy) is 1. The third-order valence-electron chi connectivity index (χ3n) is 5.15. The third-order valence-corrected chi connectivity index (χ3v) is 5.51. The van der Waals surface area contributed by atoms with Crippen LogP contribution in [0.2, 0.25) is 5.02 Å². The second-order valence-electron chi connectivity index (χ2n) is 8.65. The molecule has 0 bridgehead atoms. The van der Waals surface area contributed by atoms with Gasteiger partial charge in [0, 0.05) is 23.7 Å². The Balaban J connectivity index is 2.26. The number of nitrogens with one attached hydrogen (secondary N) is 1. The number of hydrogen-bond donors (Lipinski definition) is 5. The molecule has 2 atom stereocenters. The van der Waals surface area contributed by atoms with Crippen LogP contribution < -0.4 is 5.32 Å². The third kappa shape index (κ3) is 6.70. The highest BCUT2D eigenvalue weighted by Crippen LogP contribution is 2.38. The second kappa shape index (κ2) is 10.5. The molecule has 1 fully saturated rings. The maximum absolute atomic E-state index is 12.5. The van der Waals surface area contributed by atoms with E-state index >= 15 is 0 Å². The number of phenols is 1. The molecule has 5 N–H and O–H groups in total. The molecule has 1 aromatic carbocycles. The summed E-state index contributed by atoms with van der Waals surface area (Å²) in [7, 11) is 0. The van der Waals surface area contributed by atoms with Crippen molar-refractivity contribution >= 4 is 23.6 Å². The minimum absolute atomic E-state index is 0.122. The van der Waals surface area contributed by atoms with Crippen LogP contribution in [0.15, 0.2) is 12.1 Å². The van der Waals surface area contributed by atoms with Crippen LogP contribution in [0.3, 0.4) is 0 Å². The molecule has 10 heteroatoms. The first kappa shape index (κ1) is 25.2. The highest BCUT2D eigenvalue weighted by atomic mass is 35.5. The fourth-order valence-corrected chi connectivity index (χ4v) is 3.85. The summed E-state index contributed by atoms with van der Waals surface area (Å²) in [6.45, 7) is 4.86. The van der Waals surface area contributed by atoms with E-state index in [0.717, 1.165) is 0 Å². The highest BCUT2D eigenvalue weighted by Gasteiger charge is 2.34. The van der Waals surface area contributed by atoms with E-state index in [-0.39, 0.29) is 23.3 Å². The molecule has 174 valence electrons. The van der Waals surface area contributed by atoms with Crippen LogP contribution in [-0.2, 0) is 16.1 Å². The number of carbonyl (C=O) groups excluding carboxylic acids is 2. The number of likely N-dealkylation sites (tertiary alicyclic amines) is 1. The minimum Gasteiger partial charge on any atom is -0.508 e. The van der Waals surface area contributed by atoms with Gasteiger partial charge in [0.25, 0.3) is 5.91 Å². The molecule has 1 aromatic rings. The lowest BCUT2D eigenvalue weighted by molar-refractivity contribution is -0.143. The van der Waals surface area contributed by atoms with Crippen molar-refractivity contribution in [2.24, 2.45) is 5.92 Å². The molecule has 0 spiro atoms. The zero-order valence-corrected chi connectivity index (χ0v) is 18.7. The number of aromatic hydroxyl groups is 1. The lowest BCUT2D eigenvalue weighted by Crippen LogP contribution is -2.47. The number of piperidine rings is 1. The molecular weight excluding hydrogens is 428 g/mol. The first-order valence-electron chi connectivity index (χ1n) is 10.2. The Morgan fingerprint density at radius 3 is 2.39 bits per heavy atom. The Bertz CT molecular complexity index is 789. The minimum atomic E-state index is -1.46. The molecule has 2 unspecified atom stereocenters. The lowest BCUT2D eigenvalue weighted by atomic mass is 9.84. The fourth-order valence-electron chi connectivity index (χ4n) is 3.62. The van der Waals surface area contributed by atoms with Gasteiger partial charge in [0.15, 0.2) is 6.10 Å². The topological polar surface area (TPSA) is 140 Å². The molecule has 2 rings (SSSR count). The summed E-state index contributed by atoms with van der Waals surface area (Å²) in [6, 6.07) is 2.22. The molecule has 0 radical (unpaired) electrons. The van der Waals surface area contributed by atoms with Crippen LogP contribution in [0.25, 0.3) is 0 Å². The first-order valence-corrected chi connectivity index (χ1v) is 10.5. The van der Waals surface area contributed by atoms with Gasteiger partial charge in [-0.2, -0.15) is 0 Å².